The molecule has 2 aromatic rings. The molecule has 0 unspecified atom stereocenters. The summed E-state index contributed by atoms with van der Waals surface area (Å²) in [6.45, 7) is 0. The van der Waals surface area contributed by atoms with Crippen LogP contribution in [0.25, 0.3) is 10.6 Å². The van der Waals surface area contributed by atoms with Crippen LogP contribution < -0.4 is 0 Å². The number of thioether (sulfide) groups is 1. The van der Waals surface area contributed by atoms with E-state index < -0.39 is 0 Å². The van der Waals surface area contributed by atoms with Gasteiger partial charge in [-0.15, -0.1) is 10.2 Å². The standard InChI is InChI=1S/C12H11ClN2O2S2/c1-17-10(16)5-6-18-12-15-14-11(19-12)8-3-2-4-9(13)7-8/h2-4,7H,5-6H2,1H3. The third-order valence-electron chi connectivity index (χ3n) is 2.24. The maximum Gasteiger partial charge on any atom is 0.306 e. The van der Waals surface area contributed by atoms with Crippen LogP contribution in [0, 0.1) is 0 Å². The van der Waals surface area contributed by atoms with Gasteiger partial charge in [0.15, 0.2) is 4.34 Å². The lowest BCUT2D eigenvalue weighted by Crippen LogP contribution is -2.00. The van der Waals surface area contributed by atoms with Crippen LogP contribution in [0.2, 0.25) is 5.02 Å². The van der Waals surface area contributed by atoms with Crippen LogP contribution in [0.1, 0.15) is 6.42 Å². The Labute approximate surface area is 124 Å². The number of carbonyl (C=O) groups excluding carboxylic acids is 1. The third-order valence-corrected chi connectivity index (χ3v) is 4.58. The average Bonchev–Trinajstić information content (AvgIpc) is 2.87. The molecule has 19 heavy (non-hydrogen) atoms. The summed E-state index contributed by atoms with van der Waals surface area (Å²) >= 11 is 8.91. The minimum absolute atomic E-state index is 0.216. The molecule has 0 atom stereocenters. The van der Waals surface area contributed by atoms with Crippen molar-refractivity contribution in [3.05, 3.63) is 29.3 Å². The lowest BCUT2D eigenvalue weighted by atomic mass is 10.2. The van der Waals surface area contributed by atoms with E-state index >= 15 is 0 Å². The number of nitrogens with zero attached hydrogens (tertiary/aromatic N) is 2. The van der Waals surface area contributed by atoms with Crippen molar-refractivity contribution < 1.29 is 9.53 Å². The molecule has 0 aliphatic rings. The molecule has 0 spiro atoms. The summed E-state index contributed by atoms with van der Waals surface area (Å²) in [5, 5.41) is 9.70. The fourth-order valence-corrected chi connectivity index (χ4v) is 3.36. The molecule has 4 nitrogen and oxygen atoms in total. The van der Waals surface area contributed by atoms with Gasteiger partial charge in [0.05, 0.1) is 13.5 Å². The predicted molar refractivity (Wildman–Crippen MR) is 77.7 cm³/mol. The summed E-state index contributed by atoms with van der Waals surface area (Å²) in [6.07, 6.45) is 0.368. The Balaban J connectivity index is 1.97. The number of esters is 1. The molecule has 0 aliphatic carbocycles. The molecule has 7 heteroatoms. The van der Waals surface area contributed by atoms with Gasteiger partial charge in [-0.05, 0) is 12.1 Å². The summed E-state index contributed by atoms with van der Waals surface area (Å²) in [5.41, 5.74) is 0.949. The van der Waals surface area contributed by atoms with Crippen molar-refractivity contribution in [3.63, 3.8) is 0 Å². The second-order valence-electron chi connectivity index (χ2n) is 3.56. The van der Waals surface area contributed by atoms with Crippen LogP contribution in [-0.4, -0.2) is 29.0 Å². The van der Waals surface area contributed by atoms with Crippen molar-refractivity contribution >= 4 is 40.7 Å². The molecule has 1 aromatic carbocycles. The molecule has 0 radical (unpaired) electrons. The number of benzene rings is 1. The number of hydrogen-bond acceptors (Lipinski definition) is 6. The van der Waals surface area contributed by atoms with E-state index in [-0.39, 0.29) is 5.97 Å². The molecule has 0 saturated heterocycles. The van der Waals surface area contributed by atoms with E-state index in [0.717, 1.165) is 14.9 Å². The van der Waals surface area contributed by atoms with Gasteiger partial charge in [0, 0.05) is 16.3 Å². The number of methoxy groups -OCH3 is 1. The number of carbonyl (C=O) groups is 1. The van der Waals surface area contributed by atoms with Gasteiger partial charge in [-0.1, -0.05) is 46.8 Å². The monoisotopic (exact) mass is 314 g/mol. The Hall–Kier alpha value is -1.11. The van der Waals surface area contributed by atoms with E-state index in [2.05, 4.69) is 14.9 Å². The van der Waals surface area contributed by atoms with Gasteiger partial charge >= 0.3 is 5.97 Å². The minimum atomic E-state index is -0.216. The van der Waals surface area contributed by atoms with Gasteiger partial charge in [0.2, 0.25) is 0 Å². The van der Waals surface area contributed by atoms with E-state index in [4.69, 9.17) is 11.6 Å². The highest BCUT2D eigenvalue weighted by Gasteiger charge is 2.08. The Kier molecular flexibility index (Phi) is 5.18. The zero-order valence-corrected chi connectivity index (χ0v) is 12.5. The Bertz CT molecular complexity index is 574. The molecule has 0 amide bonds. The maximum absolute atomic E-state index is 11.0. The number of aromatic nitrogens is 2. The summed E-state index contributed by atoms with van der Waals surface area (Å²) < 4.78 is 5.41. The minimum Gasteiger partial charge on any atom is -0.469 e. The predicted octanol–water partition coefficient (Wildman–Crippen LogP) is 3.51. The smallest absolute Gasteiger partial charge is 0.306 e. The molecular weight excluding hydrogens is 304 g/mol. The van der Waals surface area contributed by atoms with Gasteiger partial charge in [-0.25, -0.2) is 0 Å². The molecular formula is C12H11ClN2O2S2. The number of rotatable bonds is 5. The Morgan fingerprint density at radius 2 is 2.32 bits per heavy atom. The first kappa shape index (κ1) is 14.3. The lowest BCUT2D eigenvalue weighted by Gasteiger charge is -1.96. The highest BCUT2D eigenvalue weighted by Crippen LogP contribution is 2.30. The second kappa shape index (κ2) is 6.88. The Morgan fingerprint density at radius 1 is 1.47 bits per heavy atom. The van der Waals surface area contributed by atoms with Gasteiger partial charge in [0.25, 0.3) is 0 Å². The normalized spacial score (nSPS) is 10.4. The van der Waals surface area contributed by atoms with Crippen LogP contribution >= 0.6 is 34.7 Å². The first-order chi connectivity index (χ1) is 9.19. The summed E-state index contributed by atoms with van der Waals surface area (Å²) in [4.78, 5) is 11.0. The average molecular weight is 315 g/mol. The van der Waals surface area contributed by atoms with Crippen molar-refractivity contribution in [2.45, 2.75) is 10.8 Å². The van der Waals surface area contributed by atoms with Crippen molar-refractivity contribution in [1.82, 2.24) is 10.2 Å². The van der Waals surface area contributed by atoms with Gasteiger partial charge in [0.1, 0.15) is 5.01 Å². The molecule has 1 heterocycles. The first-order valence-corrected chi connectivity index (χ1v) is 7.66. The largest absolute Gasteiger partial charge is 0.469 e. The van der Waals surface area contributed by atoms with Crippen LogP contribution in [0.15, 0.2) is 28.6 Å². The van der Waals surface area contributed by atoms with Crippen LogP contribution in [0.3, 0.4) is 0 Å². The highest BCUT2D eigenvalue weighted by molar-refractivity contribution is 8.01. The van der Waals surface area contributed by atoms with Gasteiger partial charge < -0.3 is 4.74 Å². The van der Waals surface area contributed by atoms with Crippen LogP contribution in [0.4, 0.5) is 0 Å². The van der Waals surface area contributed by atoms with E-state index in [1.54, 1.807) is 0 Å². The van der Waals surface area contributed by atoms with Crippen LogP contribution in [0.5, 0.6) is 0 Å². The van der Waals surface area contributed by atoms with Gasteiger partial charge in [-0.3, -0.25) is 4.79 Å². The van der Waals surface area contributed by atoms with Crippen molar-refractivity contribution in [3.8, 4) is 10.6 Å². The quantitative estimate of drug-likeness (QED) is 0.624. The van der Waals surface area contributed by atoms with Crippen molar-refractivity contribution in [2.75, 3.05) is 12.9 Å². The summed E-state index contributed by atoms with van der Waals surface area (Å²) in [7, 11) is 1.38. The Morgan fingerprint density at radius 3 is 3.05 bits per heavy atom. The molecule has 0 fully saturated rings. The van der Waals surface area contributed by atoms with Crippen molar-refractivity contribution in [1.29, 1.82) is 0 Å². The van der Waals surface area contributed by atoms with E-state index in [1.807, 2.05) is 24.3 Å². The van der Waals surface area contributed by atoms with E-state index in [0.29, 0.717) is 17.2 Å². The fourth-order valence-electron chi connectivity index (χ4n) is 1.33. The molecule has 0 saturated carbocycles. The number of ether oxygens (including phenoxy) is 1. The molecule has 100 valence electrons. The fraction of sp³-hybridized carbons (Fsp3) is 0.250. The first-order valence-electron chi connectivity index (χ1n) is 5.48. The van der Waals surface area contributed by atoms with Crippen molar-refractivity contribution in [2.24, 2.45) is 0 Å². The number of halogens is 1. The SMILES string of the molecule is COC(=O)CCSc1nnc(-c2cccc(Cl)c2)s1. The van der Waals surface area contributed by atoms with E-state index in [1.165, 1.54) is 30.2 Å². The maximum atomic E-state index is 11.0. The number of hydrogen-bond donors (Lipinski definition) is 0. The van der Waals surface area contributed by atoms with Crippen LogP contribution in [-0.2, 0) is 9.53 Å². The molecule has 0 aliphatic heterocycles. The highest BCUT2D eigenvalue weighted by atomic mass is 35.5. The lowest BCUT2D eigenvalue weighted by molar-refractivity contribution is -0.140. The molecule has 0 bridgehead atoms. The zero-order chi connectivity index (χ0) is 13.7. The second-order valence-corrected chi connectivity index (χ2v) is 6.31. The molecule has 1 aromatic heterocycles. The topological polar surface area (TPSA) is 52.1 Å². The zero-order valence-electron chi connectivity index (χ0n) is 10.1. The summed E-state index contributed by atoms with van der Waals surface area (Å²) in [5.74, 6) is 0.420. The van der Waals surface area contributed by atoms with Gasteiger partial charge in [-0.2, -0.15) is 0 Å². The molecule has 2 rings (SSSR count). The molecule has 0 N–H and O–H groups in total. The summed E-state index contributed by atoms with van der Waals surface area (Å²) in [6, 6.07) is 7.49. The van der Waals surface area contributed by atoms with E-state index in [9.17, 15) is 4.79 Å². The third kappa shape index (κ3) is 4.19.